The van der Waals surface area contributed by atoms with Crippen molar-refractivity contribution in [2.45, 2.75) is 79.7 Å². The van der Waals surface area contributed by atoms with Crippen molar-refractivity contribution in [2.75, 3.05) is 18.2 Å². The number of hydrogen-bond acceptors (Lipinski definition) is 6. The van der Waals surface area contributed by atoms with Crippen LogP contribution in [0.15, 0.2) is 35.3 Å². The standard InChI is InChI=1S/C19H25N5O.2C2H6.CH5N/c1-3-8-13(4-2)16-11-14-12-21-19(22-15-9-6-5-7-10-15)23-17(14)24(20)18(16)25;3*1-2/h3-4,8,11-12,15H,5-7,9-10,20H2,1-2H3,(H,21,22,23);2*1-2H3;2H2,1H3/b8-3-,13-4+;;;. The van der Waals surface area contributed by atoms with Crippen LogP contribution in [0.5, 0.6) is 0 Å². The second-order valence-corrected chi connectivity index (χ2v) is 6.43. The molecule has 1 saturated carbocycles. The lowest BCUT2D eigenvalue weighted by Gasteiger charge is -2.22. The number of pyridine rings is 1. The fourth-order valence-electron chi connectivity index (χ4n) is 3.35. The van der Waals surface area contributed by atoms with Crippen LogP contribution in [-0.2, 0) is 0 Å². The summed E-state index contributed by atoms with van der Waals surface area (Å²) in [5.74, 6) is 6.58. The van der Waals surface area contributed by atoms with E-state index >= 15 is 0 Å². The predicted molar refractivity (Wildman–Crippen MR) is 136 cm³/mol. The Morgan fingerprint density at radius 1 is 1.13 bits per heavy atom. The van der Waals surface area contributed by atoms with Crippen LogP contribution in [0.2, 0.25) is 0 Å². The maximum absolute atomic E-state index is 12.6. The van der Waals surface area contributed by atoms with Crippen molar-refractivity contribution >= 4 is 22.6 Å². The molecule has 3 rings (SSSR count). The molecule has 0 aromatic carbocycles. The maximum Gasteiger partial charge on any atom is 0.278 e. The number of allylic oxidation sites excluding steroid dienone is 4. The average Bonchev–Trinajstić information content (AvgIpc) is 2.85. The molecule has 31 heavy (non-hydrogen) atoms. The SMILES string of the molecule is C/C=C\C(=C/C)c1cc2cnc(NC3CCCCC3)nc2n(N)c1=O.CC.CC.CN. The van der Waals surface area contributed by atoms with Crippen LogP contribution < -0.4 is 22.5 Å². The Bertz CT molecular complexity index is 880. The van der Waals surface area contributed by atoms with Crippen LogP contribution in [0, 0.1) is 0 Å². The van der Waals surface area contributed by atoms with Crippen molar-refractivity contribution in [3.63, 3.8) is 0 Å². The van der Waals surface area contributed by atoms with Gasteiger partial charge in [-0.25, -0.2) is 9.66 Å². The van der Waals surface area contributed by atoms with Gasteiger partial charge in [0.2, 0.25) is 5.95 Å². The van der Waals surface area contributed by atoms with Crippen molar-refractivity contribution in [3.05, 3.63) is 46.4 Å². The number of nitrogen functional groups attached to an aromatic ring is 1. The van der Waals surface area contributed by atoms with Crippen molar-refractivity contribution in [3.8, 4) is 0 Å². The lowest BCUT2D eigenvalue weighted by molar-refractivity contribution is 0.461. The molecule has 0 amide bonds. The number of fused-ring (bicyclic) bond motifs is 1. The number of nitrogens with zero attached hydrogens (tertiary/aromatic N) is 3. The van der Waals surface area contributed by atoms with Gasteiger partial charge in [0, 0.05) is 23.2 Å². The molecule has 0 radical (unpaired) electrons. The van der Waals surface area contributed by atoms with E-state index in [1.807, 2.05) is 59.8 Å². The zero-order valence-electron chi connectivity index (χ0n) is 20.4. The van der Waals surface area contributed by atoms with Crippen LogP contribution in [0.3, 0.4) is 0 Å². The van der Waals surface area contributed by atoms with E-state index in [4.69, 9.17) is 5.84 Å². The Morgan fingerprint density at radius 2 is 1.74 bits per heavy atom. The minimum Gasteiger partial charge on any atom is -0.351 e. The molecule has 7 nitrogen and oxygen atoms in total. The quantitative estimate of drug-likeness (QED) is 0.472. The molecule has 2 aromatic rings. The second kappa shape index (κ2) is 16.1. The van der Waals surface area contributed by atoms with E-state index in [9.17, 15) is 4.79 Å². The van der Waals surface area contributed by atoms with Crippen molar-refractivity contribution in [2.24, 2.45) is 5.73 Å². The lowest BCUT2D eigenvalue weighted by Crippen LogP contribution is -2.31. The van der Waals surface area contributed by atoms with E-state index in [1.165, 1.54) is 26.3 Å². The number of nitrogens with two attached hydrogens (primary N) is 2. The number of hydrogen-bond donors (Lipinski definition) is 3. The van der Waals surface area contributed by atoms with Gasteiger partial charge in [-0.2, -0.15) is 4.98 Å². The molecule has 0 unspecified atom stereocenters. The first kappa shape index (κ1) is 28.3. The van der Waals surface area contributed by atoms with Gasteiger partial charge in [-0.1, -0.05) is 65.2 Å². The molecule has 0 saturated heterocycles. The van der Waals surface area contributed by atoms with Gasteiger partial charge < -0.3 is 16.9 Å². The monoisotopic (exact) mass is 430 g/mol. The highest BCUT2D eigenvalue weighted by Crippen LogP contribution is 2.21. The summed E-state index contributed by atoms with van der Waals surface area (Å²) < 4.78 is 1.12. The van der Waals surface area contributed by atoms with Gasteiger partial charge in [0.1, 0.15) is 0 Å². The molecular weight excluding hydrogens is 388 g/mol. The first-order valence-corrected chi connectivity index (χ1v) is 11.5. The fourth-order valence-corrected chi connectivity index (χ4v) is 3.35. The summed E-state index contributed by atoms with van der Waals surface area (Å²) in [6.07, 6.45) is 13.4. The van der Waals surface area contributed by atoms with Gasteiger partial charge >= 0.3 is 0 Å². The molecule has 1 fully saturated rings. The molecule has 174 valence electrons. The van der Waals surface area contributed by atoms with Crippen LogP contribution in [0.1, 0.15) is 79.2 Å². The topological polar surface area (TPSA) is 112 Å². The van der Waals surface area contributed by atoms with E-state index in [1.54, 1.807) is 12.3 Å². The van der Waals surface area contributed by atoms with E-state index in [0.717, 1.165) is 28.5 Å². The molecule has 0 spiro atoms. The summed E-state index contributed by atoms with van der Waals surface area (Å²) in [6.45, 7) is 11.8. The number of aromatic nitrogens is 3. The van der Waals surface area contributed by atoms with Crippen molar-refractivity contribution < 1.29 is 0 Å². The molecule has 5 N–H and O–H groups in total. The first-order chi connectivity index (χ1) is 15.1. The molecule has 0 atom stereocenters. The first-order valence-electron chi connectivity index (χ1n) is 11.5. The van der Waals surface area contributed by atoms with E-state index < -0.39 is 0 Å². The van der Waals surface area contributed by atoms with Gasteiger partial charge in [-0.3, -0.25) is 4.79 Å². The minimum atomic E-state index is -0.263. The van der Waals surface area contributed by atoms with Gasteiger partial charge in [-0.05, 0) is 45.4 Å². The fraction of sp³-hybridized carbons (Fsp3) is 0.542. The van der Waals surface area contributed by atoms with Crippen molar-refractivity contribution in [1.82, 2.24) is 14.6 Å². The summed E-state index contributed by atoms with van der Waals surface area (Å²) in [5.41, 5.74) is 6.06. The number of rotatable bonds is 4. The Balaban J connectivity index is 0.00000138. The molecule has 1 aliphatic rings. The van der Waals surface area contributed by atoms with Crippen LogP contribution in [-0.4, -0.2) is 27.7 Å². The maximum atomic E-state index is 12.6. The highest BCUT2D eigenvalue weighted by atomic mass is 16.1. The van der Waals surface area contributed by atoms with Crippen LogP contribution >= 0.6 is 0 Å². The Kier molecular flexibility index (Phi) is 14.7. The zero-order valence-corrected chi connectivity index (χ0v) is 20.4. The summed E-state index contributed by atoms with van der Waals surface area (Å²) in [6, 6.07) is 2.20. The summed E-state index contributed by atoms with van der Waals surface area (Å²) in [4.78, 5) is 21.5. The summed E-state index contributed by atoms with van der Waals surface area (Å²) in [7, 11) is 1.50. The van der Waals surface area contributed by atoms with Crippen molar-refractivity contribution in [1.29, 1.82) is 0 Å². The number of anilines is 1. The molecule has 0 bridgehead atoms. The van der Waals surface area contributed by atoms with Gasteiger partial charge in [-0.15, -0.1) is 0 Å². The number of nitrogens with one attached hydrogen (secondary N) is 1. The van der Waals surface area contributed by atoms with E-state index in [-0.39, 0.29) is 5.56 Å². The van der Waals surface area contributed by atoms with Crippen LogP contribution in [0.4, 0.5) is 5.95 Å². The summed E-state index contributed by atoms with van der Waals surface area (Å²) >= 11 is 0. The molecule has 2 heterocycles. The third-order valence-electron chi connectivity index (χ3n) is 4.68. The highest BCUT2D eigenvalue weighted by molar-refractivity contribution is 5.83. The van der Waals surface area contributed by atoms with E-state index in [2.05, 4.69) is 21.0 Å². The Labute approximate surface area is 187 Å². The average molecular weight is 431 g/mol. The Morgan fingerprint density at radius 3 is 2.29 bits per heavy atom. The summed E-state index contributed by atoms with van der Waals surface area (Å²) in [5, 5.41) is 4.12. The molecule has 7 heteroatoms. The van der Waals surface area contributed by atoms with E-state index in [0.29, 0.717) is 23.2 Å². The van der Waals surface area contributed by atoms with Gasteiger partial charge in [0.05, 0.1) is 0 Å². The van der Waals surface area contributed by atoms with Gasteiger partial charge in [0.15, 0.2) is 5.65 Å². The normalized spacial score (nSPS) is 14.0. The predicted octanol–water partition coefficient (Wildman–Crippen LogP) is 4.86. The molecule has 1 aliphatic carbocycles. The lowest BCUT2D eigenvalue weighted by atomic mass is 9.96. The highest BCUT2D eigenvalue weighted by Gasteiger charge is 2.16. The molecular formula is C24H42N6O. The second-order valence-electron chi connectivity index (χ2n) is 6.43. The largest absolute Gasteiger partial charge is 0.351 e. The third-order valence-corrected chi connectivity index (χ3v) is 4.68. The smallest absolute Gasteiger partial charge is 0.278 e. The molecule has 2 aromatic heterocycles. The third kappa shape index (κ3) is 7.83. The Hall–Kier alpha value is -2.67. The van der Waals surface area contributed by atoms with Crippen LogP contribution in [0.25, 0.3) is 16.6 Å². The zero-order chi connectivity index (χ0) is 23.8. The molecule has 0 aliphatic heterocycles. The minimum absolute atomic E-state index is 0.263. The van der Waals surface area contributed by atoms with Gasteiger partial charge in [0.25, 0.3) is 5.56 Å².